The summed E-state index contributed by atoms with van der Waals surface area (Å²) in [6.45, 7) is 1.11. The predicted molar refractivity (Wildman–Crippen MR) is 110 cm³/mol. The largest absolute Gasteiger partial charge is 0.467 e. The molecule has 3 heterocycles. The number of β-amino-alcohol motifs (C(OH)–C–C–N with tert-alkyl or cyclic N) is 1. The Labute approximate surface area is 178 Å². The summed E-state index contributed by atoms with van der Waals surface area (Å²) in [5, 5.41) is 13.1. The van der Waals surface area contributed by atoms with Crippen molar-refractivity contribution in [1.29, 1.82) is 0 Å². The molecule has 0 bridgehead atoms. The predicted octanol–water partition coefficient (Wildman–Crippen LogP) is 2.28. The number of rotatable bonds is 3. The van der Waals surface area contributed by atoms with Crippen LogP contribution in [-0.4, -0.2) is 47.7 Å². The van der Waals surface area contributed by atoms with E-state index in [0.29, 0.717) is 35.7 Å². The van der Waals surface area contributed by atoms with E-state index in [1.807, 2.05) is 18.2 Å². The molecule has 7 nitrogen and oxygen atoms in total. The number of methoxy groups -OCH3 is 1. The quantitative estimate of drug-likeness (QED) is 0.581. The highest BCUT2D eigenvalue weighted by Gasteiger charge is 2.41. The fraction of sp³-hybridized carbons (Fsp3) is 0.304. The van der Waals surface area contributed by atoms with E-state index in [4.69, 9.17) is 9.47 Å². The highest BCUT2D eigenvalue weighted by atomic mass is 19.1. The zero-order valence-electron chi connectivity index (χ0n) is 16.9. The second-order valence-electron chi connectivity index (χ2n) is 7.92. The number of benzene rings is 2. The van der Waals surface area contributed by atoms with Crippen molar-refractivity contribution in [2.24, 2.45) is 0 Å². The van der Waals surface area contributed by atoms with Crippen LogP contribution in [0.25, 0.3) is 11.3 Å². The number of aliphatic hydroxyl groups is 1. The van der Waals surface area contributed by atoms with E-state index in [2.05, 4.69) is 5.32 Å². The molecule has 1 amide bonds. The summed E-state index contributed by atoms with van der Waals surface area (Å²) >= 11 is 0. The molecule has 2 aromatic carbocycles. The van der Waals surface area contributed by atoms with E-state index < -0.39 is 29.8 Å². The lowest BCUT2D eigenvalue weighted by molar-refractivity contribution is -0.144. The highest BCUT2D eigenvalue weighted by molar-refractivity contribution is 6.36. The van der Waals surface area contributed by atoms with Gasteiger partial charge in [-0.25, -0.2) is 9.18 Å². The number of carbonyl (C=O) groups is 2. The molecule has 2 N–H and O–H groups in total. The number of amides is 1. The van der Waals surface area contributed by atoms with Crippen molar-refractivity contribution < 1.29 is 28.6 Å². The van der Waals surface area contributed by atoms with Crippen LogP contribution in [0.4, 0.5) is 10.1 Å². The molecule has 0 saturated carbocycles. The minimum atomic E-state index is -0.770. The van der Waals surface area contributed by atoms with Crippen molar-refractivity contribution in [1.82, 2.24) is 4.90 Å². The molecule has 5 rings (SSSR count). The molecule has 0 spiro atoms. The summed E-state index contributed by atoms with van der Waals surface area (Å²) < 4.78 is 24.6. The maximum absolute atomic E-state index is 14.1. The molecule has 3 aliphatic heterocycles. The van der Waals surface area contributed by atoms with Crippen LogP contribution in [-0.2, 0) is 32.3 Å². The van der Waals surface area contributed by atoms with Crippen molar-refractivity contribution in [2.75, 3.05) is 19.0 Å². The SMILES string of the molecule is COC(=O)C1CC(O)CN1C(=C1C(=O)Nc2ccc(F)cc21)c1ccc2c(c1)COC2. The van der Waals surface area contributed by atoms with Gasteiger partial charge in [0.1, 0.15) is 11.9 Å². The average Bonchev–Trinajstić information content (AvgIpc) is 3.45. The van der Waals surface area contributed by atoms with E-state index in [9.17, 15) is 19.1 Å². The van der Waals surface area contributed by atoms with Crippen molar-refractivity contribution in [3.8, 4) is 0 Å². The molecule has 0 aromatic heterocycles. The van der Waals surface area contributed by atoms with Gasteiger partial charge in [0.05, 0.1) is 37.7 Å². The molecule has 2 atom stereocenters. The molecule has 3 aliphatic rings. The number of hydrogen-bond acceptors (Lipinski definition) is 6. The number of nitrogens with zero attached hydrogens (tertiary/aromatic N) is 1. The number of anilines is 1. The Morgan fingerprint density at radius 3 is 2.84 bits per heavy atom. The Hall–Kier alpha value is -3.23. The van der Waals surface area contributed by atoms with Crippen LogP contribution in [0.2, 0.25) is 0 Å². The zero-order chi connectivity index (χ0) is 21.7. The van der Waals surface area contributed by atoms with Crippen LogP contribution in [0.3, 0.4) is 0 Å². The molecule has 2 unspecified atom stereocenters. The minimum Gasteiger partial charge on any atom is -0.467 e. The van der Waals surface area contributed by atoms with Gasteiger partial charge in [-0.2, -0.15) is 0 Å². The third-order valence-electron chi connectivity index (χ3n) is 6.00. The summed E-state index contributed by atoms with van der Waals surface area (Å²) in [5.41, 5.74) is 4.37. The molecule has 0 aliphatic carbocycles. The number of halogens is 1. The van der Waals surface area contributed by atoms with Crippen molar-refractivity contribution in [3.05, 3.63) is 64.5 Å². The van der Waals surface area contributed by atoms with Gasteiger partial charge in [0.25, 0.3) is 5.91 Å². The molecular formula is C23H21FN2O5. The first-order valence-corrected chi connectivity index (χ1v) is 10.0. The van der Waals surface area contributed by atoms with Gasteiger partial charge in [0.2, 0.25) is 0 Å². The maximum atomic E-state index is 14.1. The van der Waals surface area contributed by atoms with Crippen LogP contribution >= 0.6 is 0 Å². The fourth-order valence-corrected chi connectivity index (χ4v) is 4.57. The summed E-state index contributed by atoms with van der Waals surface area (Å²) in [4.78, 5) is 27.3. The normalized spacial score (nSPS) is 23.5. The van der Waals surface area contributed by atoms with Gasteiger partial charge < -0.3 is 24.8 Å². The number of esters is 1. The molecular weight excluding hydrogens is 403 g/mol. The van der Waals surface area contributed by atoms with Crippen LogP contribution in [0.15, 0.2) is 36.4 Å². The number of carbonyl (C=O) groups excluding carboxylic acids is 2. The summed E-state index contributed by atoms with van der Waals surface area (Å²) in [6.07, 6.45) is -0.594. The van der Waals surface area contributed by atoms with Gasteiger partial charge in [-0.15, -0.1) is 0 Å². The lowest BCUT2D eigenvalue weighted by atomic mass is 9.96. The Morgan fingerprint density at radius 2 is 2.03 bits per heavy atom. The van der Waals surface area contributed by atoms with Gasteiger partial charge in [0, 0.05) is 24.2 Å². The summed E-state index contributed by atoms with van der Waals surface area (Å²) in [7, 11) is 1.29. The van der Waals surface area contributed by atoms with E-state index in [0.717, 1.165) is 11.1 Å². The van der Waals surface area contributed by atoms with E-state index in [1.165, 1.54) is 25.3 Å². The van der Waals surface area contributed by atoms with Gasteiger partial charge in [-0.1, -0.05) is 12.1 Å². The third kappa shape index (κ3) is 3.28. The Bertz CT molecular complexity index is 1130. The lowest BCUT2D eigenvalue weighted by Crippen LogP contribution is -2.36. The second kappa shape index (κ2) is 7.47. The Morgan fingerprint density at radius 1 is 1.23 bits per heavy atom. The number of likely N-dealkylation sites (tertiary alicyclic amines) is 1. The van der Waals surface area contributed by atoms with Crippen LogP contribution in [0.1, 0.15) is 28.7 Å². The van der Waals surface area contributed by atoms with E-state index >= 15 is 0 Å². The zero-order valence-corrected chi connectivity index (χ0v) is 16.9. The van der Waals surface area contributed by atoms with E-state index in [1.54, 1.807) is 4.90 Å². The van der Waals surface area contributed by atoms with E-state index in [-0.39, 0.29) is 18.5 Å². The molecule has 1 fully saturated rings. The van der Waals surface area contributed by atoms with Gasteiger partial charge in [-0.05, 0) is 41.0 Å². The fourth-order valence-electron chi connectivity index (χ4n) is 4.57. The number of fused-ring (bicyclic) bond motifs is 2. The monoisotopic (exact) mass is 424 g/mol. The Kier molecular flexibility index (Phi) is 4.75. The summed E-state index contributed by atoms with van der Waals surface area (Å²) in [5.74, 6) is -1.37. The van der Waals surface area contributed by atoms with Crippen LogP contribution in [0.5, 0.6) is 0 Å². The maximum Gasteiger partial charge on any atom is 0.328 e. The average molecular weight is 424 g/mol. The minimum absolute atomic E-state index is 0.143. The Balaban J connectivity index is 1.75. The topological polar surface area (TPSA) is 88.1 Å². The van der Waals surface area contributed by atoms with Gasteiger partial charge >= 0.3 is 5.97 Å². The molecule has 31 heavy (non-hydrogen) atoms. The van der Waals surface area contributed by atoms with Crippen molar-refractivity contribution >= 4 is 28.8 Å². The number of ether oxygens (including phenoxy) is 2. The molecule has 2 aromatic rings. The first-order valence-electron chi connectivity index (χ1n) is 10.0. The first kappa shape index (κ1) is 19.7. The second-order valence-corrected chi connectivity index (χ2v) is 7.92. The summed E-state index contributed by atoms with van der Waals surface area (Å²) in [6, 6.07) is 9.05. The standard InChI is InChI=1S/C23H21FN2O5/c1-30-23(29)19-8-16(27)9-26(19)21(12-2-3-13-10-31-11-14(13)6-12)20-17-7-15(24)4-5-18(17)25-22(20)28/h2-7,16,19,27H,8-11H2,1H3,(H,25,28). The first-order chi connectivity index (χ1) is 15.0. The highest BCUT2D eigenvalue weighted by Crippen LogP contribution is 2.42. The van der Waals surface area contributed by atoms with Crippen LogP contribution < -0.4 is 5.32 Å². The number of hydrogen-bond donors (Lipinski definition) is 2. The lowest BCUT2D eigenvalue weighted by Gasteiger charge is -2.29. The molecule has 1 saturated heterocycles. The van der Waals surface area contributed by atoms with Crippen LogP contribution in [0, 0.1) is 5.82 Å². The molecule has 8 heteroatoms. The van der Waals surface area contributed by atoms with Crippen molar-refractivity contribution in [2.45, 2.75) is 31.8 Å². The smallest absolute Gasteiger partial charge is 0.328 e. The third-order valence-corrected chi connectivity index (χ3v) is 6.00. The van der Waals surface area contributed by atoms with Gasteiger partial charge in [-0.3, -0.25) is 4.79 Å². The molecule has 0 radical (unpaired) electrons. The number of aliphatic hydroxyl groups excluding tert-OH is 1. The molecule has 160 valence electrons. The van der Waals surface area contributed by atoms with Crippen molar-refractivity contribution in [3.63, 3.8) is 0 Å². The van der Waals surface area contributed by atoms with Gasteiger partial charge in [0.15, 0.2) is 0 Å². The number of nitrogens with one attached hydrogen (secondary N) is 1.